The lowest BCUT2D eigenvalue weighted by atomic mass is 10.1. The molecule has 0 aromatic heterocycles. The minimum Gasteiger partial charge on any atom is -0.378 e. The van der Waals surface area contributed by atoms with Crippen LogP contribution in [0.3, 0.4) is 0 Å². The molecule has 1 saturated heterocycles. The molecule has 12 heavy (non-hydrogen) atoms. The molecule has 1 heterocycles. The molecule has 0 amide bonds. The van der Waals surface area contributed by atoms with Gasteiger partial charge in [-0.3, -0.25) is 4.90 Å². The van der Waals surface area contributed by atoms with E-state index >= 15 is 0 Å². The lowest BCUT2D eigenvalue weighted by molar-refractivity contribution is -0.0412. The van der Waals surface area contributed by atoms with Crippen LogP contribution >= 0.6 is 0 Å². The lowest BCUT2D eigenvalue weighted by Gasteiger charge is -2.39. The molecule has 2 unspecified atom stereocenters. The summed E-state index contributed by atoms with van der Waals surface area (Å²) >= 11 is 0. The number of ether oxygens (including phenoxy) is 1. The zero-order valence-electron chi connectivity index (χ0n) is 8.71. The maximum atomic E-state index is 5.46. The molecule has 0 bridgehead atoms. The SMILES string of the molecule is CC(C)CN1C(C)COCC1C. The molecular weight excluding hydrogens is 150 g/mol. The summed E-state index contributed by atoms with van der Waals surface area (Å²) in [6.07, 6.45) is 0. The largest absolute Gasteiger partial charge is 0.378 e. The molecule has 1 rings (SSSR count). The fourth-order valence-corrected chi connectivity index (χ4v) is 1.82. The zero-order chi connectivity index (χ0) is 9.14. The predicted octanol–water partition coefficient (Wildman–Crippen LogP) is 1.75. The third-order valence-electron chi connectivity index (χ3n) is 2.43. The van der Waals surface area contributed by atoms with Gasteiger partial charge in [0.1, 0.15) is 0 Å². The van der Waals surface area contributed by atoms with Crippen molar-refractivity contribution < 1.29 is 4.74 Å². The van der Waals surface area contributed by atoms with Crippen LogP contribution in [0.2, 0.25) is 0 Å². The van der Waals surface area contributed by atoms with E-state index in [1.165, 1.54) is 6.54 Å². The summed E-state index contributed by atoms with van der Waals surface area (Å²) in [5, 5.41) is 0. The maximum Gasteiger partial charge on any atom is 0.0620 e. The number of hydrogen-bond acceptors (Lipinski definition) is 2. The topological polar surface area (TPSA) is 12.5 Å². The van der Waals surface area contributed by atoms with Gasteiger partial charge in [0, 0.05) is 18.6 Å². The second-order valence-electron chi connectivity index (χ2n) is 4.33. The van der Waals surface area contributed by atoms with Gasteiger partial charge < -0.3 is 4.74 Å². The highest BCUT2D eigenvalue weighted by atomic mass is 16.5. The van der Waals surface area contributed by atoms with E-state index in [2.05, 4.69) is 32.6 Å². The number of hydrogen-bond donors (Lipinski definition) is 0. The summed E-state index contributed by atoms with van der Waals surface area (Å²) in [5.74, 6) is 0.757. The smallest absolute Gasteiger partial charge is 0.0620 e. The highest BCUT2D eigenvalue weighted by Gasteiger charge is 2.25. The molecule has 2 nitrogen and oxygen atoms in total. The van der Waals surface area contributed by atoms with Gasteiger partial charge in [0.15, 0.2) is 0 Å². The standard InChI is InChI=1S/C10H21NO/c1-8(2)5-11-9(3)6-12-7-10(11)4/h8-10H,5-7H2,1-4H3. The van der Waals surface area contributed by atoms with Crippen LogP contribution in [-0.2, 0) is 4.74 Å². The fourth-order valence-electron chi connectivity index (χ4n) is 1.82. The fraction of sp³-hybridized carbons (Fsp3) is 1.00. The van der Waals surface area contributed by atoms with Crippen molar-refractivity contribution in [2.75, 3.05) is 19.8 Å². The summed E-state index contributed by atoms with van der Waals surface area (Å²) in [7, 11) is 0. The molecular formula is C10H21NO. The molecule has 0 saturated carbocycles. The van der Waals surface area contributed by atoms with Crippen molar-refractivity contribution in [1.29, 1.82) is 0 Å². The summed E-state index contributed by atoms with van der Waals surface area (Å²) in [4.78, 5) is 2.55. The summed E-state index contributed by atoms with van der Waals surface area (Å²) < 4.78 is 5.46. The van der Waals surface area contributed by atoms with E-state index in [1.54, 1.807) is 0 Å². The van der Waals surface area contributed by atoms with E-state index in [1.807, 2.05) is 0 Å². The molecule has 0 N–H and O–H groups in total. The molecule has 72 valence electrons. The lowest BCUT2D eigenvalue weighted by Crippen LogP contribution is -2.50. The Hall–Kier alpha value is -0.0800. The first-order valence-corrected chi connectivity index (χ1v) is 4.94. The summed E-state index contributed by atoms with van der Waals surface area (Å²) in [6.45, 7) is 12.0. The monoisotopic (exact) mass is 171 g/mol. The first-order chi connectivity index (χ1) is 5.61. The van der Waals surface area contributed by atoms with Crippen molar-refractivity contribution in [3.63, 3.8) is 0 Å². The Labute approximate surface area is 75.9 Å². The highest BCUT2D eigenvalue weighted by Crippen LogP contribution is 2.14. The minimum atomic E-state index is 0.594. The van der Waals surface area contributed by atoms with Crippen LogP contribution in [0.1, 0.15) is 27.7 Å². The molecule has 1 fully saturated rings. The van der Waals surface area contributed by atoms with Crippen LogP contribution < -0.4 is 0 Å². The quantitative estimate of drug-likeness (QED) is 0.627. The zero-order valence-corrected chi connectivity index (χ0v) is 8.71. The van der Waals surface area contributed by atoms with Gasteiger partial charge in [-0.15, -0.1) is 0 Å². The van der Waals surface area contributed by atoms with Crippen molar-refractivity contribution in [3.05, 3.63) is 0 Å². The number of morpholine rings is 1. The van der Waals surface area contributed by atoms with Crippen LogP contribution in [0.15, 0.2) is 0 Å². The van der Waals surface area contributed by atoms with E-state index in [4.69, 9.17) is 4.74 Å². The molecule has 0 aromatic rings. The Bertz CT molecular complexity index is 126. The van der Waals surface area contributed by atoms with Gasteiger partial charge in [0.05, 0.1) is 13.2 Å². The van der Waals surface area contributed by atoms with Crippen LogP contribution in [0, 0.1) is 5.92 Å². The van der Waals surface area contributed by atoms with Crippen LogP contribution in [0.4, 0.5) is 0 Å². The van der Waals surface area contributed by atoms with Gasteiger partial charge in [0.25, 0.3) is 0 Å². The van der Waals surface area contributed by atoms with Crippen LogP contribution in [-0.4, -0.2) is 36.7 Å². The second kappa shape index (κ2) is 4.24. The Morgan fingerprint density at radius 2 is 1.75 bits per heavy atom. The highest BCUT2D eigenvalue weighted by molar-refractivity contribution is 4.78. The second-order valence-corrected chi connectivity index (χ2v) is 4.33. The van der Waals surface area contributed by atoms with Crippen molar-refractivity contribution in [3.8, 4) is 0 Å². The predicted molar refractivity (Wildman–Crippen MR) is 51.3 cm³/mol. The van der Waals surface area contributed by atoms with Crippen molar-refractivity contribution in [2.45, 2.75) is 39.8 Å². The van der Waals surface area contributed by atoms with E-state index < -0.39 is 0 Å². The maximum absolute atomic E-state index is 5.46. The number of nitrogens with zero attached hydrogens (tertiary/aromatic N) is 1. The summed E-state index contributed by atoms with van der Waals surface area (Å²) in [6, 6.07) is 1.19. The third-order valence-corrected chi connectivity index (χ3v) is 2.43. The Morgan fingerprint density at radius 3 is 2.17 bits per heavy atom. The Kier molecular flexibility index (Phi) is 3.53. The van der Waals surface area contributed by atoms with Gasteiger partial charge in [-0.05, 0) is 19.8 Å². The minimum absolute atomic E-state index is 0.594. The van der Waals surface area contributed by atoms with Gasteiger partial charge >= 0.3 is 0 Å². The van der Waals surface area contributed by atoms with Crippen molar-refractivity contribution >= 4 is 0 Å². The Balaban J connectivity index is 2.45. The number of rotatable bonds is 2. The molecule has 1 aliphatic rings. The molecule has 0 spiro atoms. The van der Waals surface area contributed by atoms with Crippen molar-refractivity contribution in [2.24, 2.45) is 5.92 Å². The molecule has 0 aliphatic carbocycles. The van der Waals surface area contributed by atoms with Gasteiger partial charge in [0.2, 0.25) is 0 Å². The Morgan fingerprint density at radius 1 is 1.25 bits per heavy atom. The van der Waals surface area contributed by atoms with Gasteiger partial charge in [-0.2, -0.15) is 0 Å². The van der Waals surface area contributed by atoms with E-state index in [0.717, 1.165) is 19.1 Å². The van der Waals surface area contributed by atoms with Crippen molar-refractivity contribution in [1.82, 2.24) is 4.90 Å². The summed E-state index contributed by atoms with van der Waals surface area (Å²) in [5.41, 5.74) is 0. The van der Waals surface area contributed by atoms with Crippen LogP contribution in [0.25, 0.3) is 0 Å². The third kappa shape index (κ3) is 2.46. The average molecular weight is 171 g/mol. The normalized spacial score (nSPS) is 32.8. The average Bonchev–Trinajstić information content (AvgIpc) is 1.97. The molecule has 0 radical (unpaired) electrons. The molecule has 1 aliphatic heterocycles. The first-order valence-electron chi connectivity index (χ1n) is 4.94. The first kappa shape index (κ1) is 10.0. The molecule has 0 aromatic carbocycles. The molecule has 2 heteroatoms. The molecule has 2 atom stereocenters. The van der Waals surface area contributed by atoms with E-state index in [0.29, 0.717) is 12.1 Å². The van der Waals surface area contributed by atoms with E-state index in [9.17, 15) is 0 Å². The van der Waals surface area contributed by atoms with Crippen LogP contribution in [0.5, 0.6) is 0 Å². The van der Waals surface area contributed by atoms with Gasteiger partial charge in [-0.1, -0.05) is 13.8 Å². The van der Waals surface area contributed by atoms with Gasteiger partial charge in [-0.25, -0.2) is 0 Å². The van der Waals surface area contributed by atoms with E-state index in [-0.39, 0.29) is 0 Å².